The fourth-order valence-corrected chi connectivity index (χ4v) is 3.55. The van der Waals surface area contributed by atoms with Crippen LogP contribution in [0, 0.1) is 5.41 Å². The number of benzene rings is 1. The lowest BCUT2D eigenvalue weighted by molar-refractivity contribution is -0.104. The summed E-state index contributed by atoms with van der Waals surface area (Å²) in [6.07, 6.45) is 4.32. The molecule has 2 fully saturated rings. The first kappa shape index (κ1) is 11.5. The van der Waals surface area contributed by atoms with Gasteiger partial charge in [-0.15, -0.1) is 0 Å². The number of furan rings is 1. The van der Waals surface area contributed by atoms with Crippen molar-refractivity contribution in [2.24, 2.45) is 5.41 Å². The van der Waals surface area contributed by atoms with Gasteiger partial charge in [0.2, 0.25) is 0 Å². The third-order valence-corrected chi connectivity index (χ3v) is 4.45. The zero-order valence-corrected chi connectivity index (χ0v) is 11.1. The predicted molar refractivity (Wildman–Crippen MR) is 74.0 cm³/mol. The van der Waals surface area contributed by atoms with E-state index in [1.54, 1.807) is 6.26 Å². The second kappa shape index (κ2) is 4.36. The Balaban J connectivity index is 1.42. The van der Waals surface area contributed by atoms with E-state index < -0.39 is 0 Å². The maximum Gasteiger partial charge on any atom is 0.133 e. The van der Waals surface area contributed by atoms with Crippen LogP contribution in [0.2, 0.25) is 0 Å². The summed E-state index contributed by atoms with van der Waals surface area (Å²) in [5.74, 6) is 0. The van der Waals surface area contributed by atoms with Gasteiger partial charge in [-0.3, -0.25) is 4.90 Å². The first-order valence-electron chi connectivity index (χ1n) is 7.09. The smallest absolute Gasteiger partial charge is 0.133 e. The minimum atomic E-state index is 0.470. The molecule has 1 aromatic carbocycles. The molecule has 2 saturated heterocycles. The molecule has 3 heteroatoms. The van der Waals surface area contributed by atoms with Crippen molar-refractivity contribution in [2.75, 3.05) is 26.3 Å². The van der Waals surface area contributed by atoms with Gasteiger partial charge in [-0.2, -0.15) is 0 Å². The van der Waals surface area contributed by atoms with E-state index in [9.17, 15) is 0 Å². The van der Waals surface area contributed by atoms with Crippen molar-refractivity contribution in [1.82, 2.24) is 4.90 Å². The highest BCUT2D eigenvalue weighted by Crippen LogP contribution is 2.38. The van der Waals surface area contributed by atoms with Gasteiger partial charge in [-0.25, -0.2) is 0 Å². The Bertz CT molecular complexity index is 575. The van der Waals surface area contributed by atoms with Crippen LogP contribution in [0.4, 0.5) is 0 Å². The number of fused-ring (bicyclic) bond motifs is 1. The van der Waals surface area contributed by atoms with E-state index in [0.717, 1.165) is 25.3 Å². The fourth-order valence-electron chi connectivity index (χ4n) is 3.55. The lowest BCUT2D eigenvalue weighted by atomic mass is 9.75. The van der Waals surface area contributed by atoms with Crippen molar-refractivity contribution < 1.29 is 9.15 Å². The Kier molecular flexibility index (Phi) is 2.64. The minimum absolute atomic E-state index is 0.470. The standard InChI is InChI=1S/C16H19NO2/c1-5-16(12-18-6-1)10-17(11-16)9-13-2-3-15-14(8-13)4-7-19-15/h2-4,7-8H,1,5-6,9-12H2. The molecule has 3 nitrogen and oxygen atoms in total. The molecule has 0 N–H and O–H groups in total. The summed E-state index contributed by atoms with van der Waals surface area (Å²) in [4.78, 5) is 2.52. The van der Waals surface area contributed by atoms with Gasteiger partial charge in [-0.05, 0) is 36.6 Å². The van der Waals surface area contributed by atoms with Gasteiger partial charge in [0.25, 0.3) is 0 Å². The topological polar surface area (TPSA) is 25.6 Å². The molecule has 2 aromatic rings. The van der Waals surface area contributed by atoms with Crippen LogP contribution in [0.25, 0.3) is 11.0 Å². The molecule has 4 rings (SSSR count). The van der Waals surface area contributed by atoms with E-state index in [1.807, 2.05) is 6.07 Å². The van der Waals surface area contributed by atoms with Crippen molar-refractivity contribution in [3.05, 3.63) is 36.1 Å². The van der Waals surface area contributed by atoms with E-state index in [-0.39, 0.29) is 0 Å². The van der Waals surface area contributed by atoms with Gasteiger partial charge in [0, 0.05) is 37.0 Å². The van der Waals surface area contributed by atoms with Crippen molar-refractivity contribution >= 4 is 11.0 Å². The summed E-state index contributed by atoms with van der Waals surface area (Å²) in [5, 5.41) is 1.20. The highest BCUT2D eigenvalue weighted by Gasteiger charge is 2.43. The van der Waals surface area contributed by atoms with Crippen molar-refractivity contribution in [1.29, 1.82) is 0 Å². The third kappa shape index (κ3) is 2.07. The molecular formula is C16H19NO2. The van der Waals surface area contributed by atoms with E-state index in [2.05, 4.69) is 23.1 Å². The molecular weight excluding hydrogens is 238 g/mol. The maximum absolute atomic E-state index is 5.63. The van der Waals surface area contributed by atoms with Gasteiger partial charge in [0.15, 0.2) is 0 Å². The molecule has 2 aliphatic rings. The van der Waals surface area contributed by atoms with Crippen LogP contribution < -0.4 is 0 Å². The number of nitrogens with zero attached hydrogens (tertiary/aromatic N) is 1. The van der Waals surface area contributed by atoms with Crippen LogP contribution in [0.3, 0.4) is 0 Å². The molecule has 1 aromatic heterocycles. The van der Waals surface area contributed by atoms with Crippen LogP contribution in [0.15, 0.2) is 34.9 Å². The second-order valence-electron chi connectivity index (χ2n) is 6.09. The van der Waals surface area contributed by atoms with Gasteiger partial charge < -0.3 is 9.15 Å². The Hall–Kier alpha value is -1.32. The maximum atomic E-state index is 5.63. The number of hydrogen-bond donors (Lipinski definition) is 0. The summed E-state index contributed by atoms with van der Waals surface area (Å²) in [6.45, 7) is 5.35. The average molecular weight is 257 g/mol. The lowest BCUT2D eigenvalue weighted by Crippen LogP contribution is -2.59. The summed E-state index contributed by atoms with van der Waals surface area (Å²) in [7, 11) is 0. The SMILES string of the molecule is c1cc2cc(CN3CC4(CCCOC4)C3)ccc2o1. The molecule has 0 amide bonds. The summed E-state index contributed by atoms with van der Waals surface area (Å²) >= 11 is 0. The normalized spacial score (nSPS) is 22.7. The first-order chi connectivity index (χ1) is 9.33. The monoisotopic (exact) mass is 257 g/mol. The number of likely N-dealkylation sites (tertiary alicyclic amines) is 1. The zero-order valence-electron chi connectivity index (χ0n) is 11.1. The molecule has 0 aliphatic carbocycles. The zero-order chi connectivity index (χ0) is 12.7. The molecule has 3 heterocycles. The predicted octanol–water partition coefficient (Wildman–Crippen LogP) is 3.05. The molecule has 0 atom stereocenters. The summed E-state index contributed by atoms with van der Waals surface area (Å²) in [6, 6.07) is 8.52. The quantitative estimate of drug-likeness (QED) is 0.827. The minimum Gasteiger partial charge on any atom is -0.464 e. The number of hydrogen-bond acceptors (Lipinski definition) is 3. The summed E-state index contributed by atoms with van der Waals surface area (Å²) < 4.78 is 11.0. The molecule has 0 bridgehead atoms. The summed E-state index contributed by atoms with van der Waals surface area (Å²) in [5.41, 5.74) is 2.82. The Morgan fingerprint density at radius 2 is 2.16 bits per heavy atom. The van der Waals surface area contributed by atoms with E-state index in [4.69, 9.17) is 9.15 Å². The molecule has 100 valence electrons. The second-order valence-corrected chi connectivity index (χ2v) is 6.09. The molecule has 0 saturated carbocycles. The molecule has 2 aliphatic heterocycles. The van der Waals surface area contributed by atoms with Gasteiger partial charge in [-0.1, -0.05) is 6.07 Å². The lowest BCUT2D eigenvalue weighted by Gasteiger charge is -2.52. The van der Waals surface area contributed by atoms with Crippen LogP contribution in [-0.4, -0.2) is 31.2 Å². The van der Waals surface area contributed by atoms with Gasteiger partial charge in [0.1, 0.15) is 5.58 Å². The van der Waals surface area contributed by atoms with Crippen LogP contribution in [0.1, 0.15) is 18.4 Å². The Labute approximate surface area is 113 Å². The van der Waals surface area contributed by atoms with E-state index in [0.29, 0.717) is 5.41 Å². The Morgan fingerprint density at radius 3 is 3.00 bits per heavy atom. The molecule has 0 unspecified atom stereocenters. The molecule has 19 heavy (non-hydrogen) atoms. The van der Waals surface area contributed by atoms with Gasteiger partial charge in [0.05, 0.1) is 12.9 Å². The fraction of sp³-hybridized carbons (Fsp3) is 0.500. The van der Waals surface area contributed by atoms with Crippen LogP contribution >= 0.6 is 0 Å². The van der Waals surface area contributed by atoms with Gasteiger partial charge >= 0.3 is 0 Å². The third-order valence-electron chi connectivity index (χ3n) is 4.45. The van der Waals surface area contributed by atoms with Crippen molar-refractivity contribution in [3.63, 3.8) is 0 Å². The molecule has 0 radical (unpaired) electrons. The average Bonchev–Trinajstić information content (AvgIpc) is 2.85. The largest absolute Gasteiger partial charge is 0.464 e. The number of rotatable bonds is 2. The van der Waals surface area contributed by atoms with Crippen molar-refractivity contribution in [2.45, 2.75) is 19.4 Å². The Morgan fingerprint density at radius 1 is 1.21 bits per heavy atom. The van der Waals surface area contributed by atoms with Crippen LogP contribution in [-0.2, 0) is 11.3 Å². The van der Waals surface area contributed by atoms with E-state index in [1.165, 1.54) is 36.9 Å². The highest BCUT2D eigenvalue weighted by molar-refractivity contribution is 5.77. The molecule has 1 spiro atoms. The van der Waals surface area contributed by atoms with Crippen LogP contribution in [0.5, 0.6) is 0 Å². The number of ether oxygens (including phenoxy) is 1. The van der Waals surface area contributed by atoms with E-state index >= 15 is 0 Å². The highest BCUT2D eigenvalue weighted by atomic mass is 16.5. The van der Waals surface area contributed by atoms with Crippen molar-refractivity contribution in [3.8, 4) is 0 Å². The first-order valence-corrected chi connectivity index (χ1v) is 7.09.